The van der Waals surface area contributed by atoms with Crippen molar-refractivity contribution < 1.29 is 19.1 Å². The maximum atomic E-state index is 12.1. The molecule has 1 atom stereocenters. The van der Waals surface area contributed by atoms with E-state index in [2.05, 4.69) is 15.5 Å². The van der Waals surface area contributed by atoms with Gasteiger partial charge in [-0.05, 0) is 31.2 Å². The molecular formula is C17H22ClN3O4. The molecule has 1 aromatic carbocycles. The lowest BCUT2D eigenvalue weighted by molar-refractivity contribution is -0.130. The molecule has 2 aliphatic heterocycles. The van der Waals surface area contributed by atoms with Crippen molar-refractivity contribution in [2.45, 2.75) is 18.9 Å². The summed E-state index contributed by atoms with van der Waals surface area (Å²) in [6.07, 6.45) is 0.0314. The summed E-state index contributed by atoms with van der Waals surface area (Å²) >= 11 is 5.89. The van der Waals surface area contributed by atoms with Gasteiger partial charge in [0.05, 0.1) is 25.3 Å². The van der Waals surface area contributed by atoms with Gasteiger partial charge in [0.2, 0.25) is 5.91 Å². The number of hydrogen-bond acceptors (Lipinski definition) is 5. The lowest BCUT2D eigenvalue weighted by Gasteiger charge is -2.27. The van der Waals surface area contributed by atoms with Gasteiger partial charge in [-0.25, -0.2) is 0 Å². The van der Waals surface area contributed by atoms with Crippen molar-refractivity contribution in [2.24, 2.45) is 0 Å². The van der Waals surface area contributed by atoms with E-state index in [0.29, 0.717) is 23.0 Å². The number of halogens is 1. The van der Waals surface area contributed by atoms with Gasteiger partial charge in [0.1, 0.15) is 5.75 Å². The van der Waals surface area contributed by atoms with Crippen LogP contribution in [0.5, 0.6) is 5.75 Å². The second-order valence-electron chi connectivity index (χ2n) is 6.10. The number of fused-ring (bicyclic) bond motifs is 1. The Labute approximate surface area is 151 Å². The first-order chi connectivity index (χ1) is 12.1. The molecule has 3 rings (SSSR count). The van der Waals surface area contributed by atoms with Gasteiger partial charge in [-0.15, -0.1) is 0 Å². The monoisotopic (exact) mass is 367 g/mol. The highest BCUT2D eigenvalue weighted by molar-refractivity contribution is 6.31. The van der Waals surface area contributed by atoms with Crippen molar-refractivity contribution in [2.75, 3.05) is 44.7 Å². The molecule has 8 heteroatoms. The predicted molar refractivity (Wildman–Crippen MR) is 94.0 cm³/mol. The van der Waals surface area contributed by atoms with E-state index in [0.717, 1.165) is 39.3 Å². The summed E-state index contributed by atoms with van der Waals surface area (Å²) < 4.78 is 10.9. The molecule has 0 bridgehead atoms. The van der Waals surface area contributed by atoms with Gasteiger partial charge >= 0.3 is 0 Å². The Bertz CT molecular complexity index is 634. The van der Waals surface area contributed by atoms with E-state index in [1.807, 2.05) is 0 Å². The Hall–Kier alpha value is -1.83. The van der Waals surface area contributed by atoms with E-state index < -0.39 is 6.10 Å². The fraction of sp³-hybridized carbons (Fsp3) is 0.529. The first-order valence-electron chi connectivity index (χ1n) is 8.46. The highest BCUT2D eigenvalue weighted by atomic mass is 35.5. The maximum Gasteiger partial charge on any atom is 0.266 e. The number of rotatable bonds is 6. The van der Waals surface area contributed by atoms with Crippen molar-refractivity contribution in [1.82, 2.24) is 10.2 Å². The topological polar surface area (TPSA) is 79.9 Å². The number of nitrogens with one attached hydrogen (secondary N) is 2. The number of nitrogens with zero attached hydrogens (tertiary/aromatic N) is 1. The molecule has 1 fully saturated rings. The minimum atomic E-state index is -0.826. The molecule has 7 nitrogen and oxygen atoms in total. The maximum absolute atomic E-state index is 12.1. The Kier molecular flexibility index (Phi) is 6.12. The Morgan fingerprint density at radius 1 is 1.36 bits per heavy atom. The summed E-state index contributed by atoms with van der Waals surface area (Å²) in [5.41, 5.74) is 0.527. The molecule has 2 aliphatic rings. The second kappa shape index (κ2) is 8.51. The highest BCUT2D eigenvalue weighted by Crippen LogP contribution is 2.32. The zero-order chi connectivity index (χ0) is 17.6. The summed E-state index contributed by atoms with van der Waals surface area (Å²) in [4.78, 5) is 26.4. The van der Waals surface area contributed by atoms with Crippen molar-refractivity contribution in [3.05, 3.63) is 23.2 Å². The smallest absolute Gasteiger partial charge is 0.266 e. The van der Waals surface area contributed by atoms with Crippen LogP contribution in [0.4, 0.5) is 5.69 Å². The van der Waals surface area contributed by atoms with Crippen LogP contribution in [0.3, 0.4) is 0 Å². The summed E-state index contributed by atoms with van der Waals surface area (Å²) in [5, 5.41) is 6.08. The minimum absolute atomic E-state index is 0.00848. The molecule has 1 saturated heterocycles. The van der Waals surface area contributed by atoms with Crippen LogP contribution in [-0.2, 0) is 14.3 Å². The molecule has 0 radical (unpaired) electrons. The highest BCUT2D eigenvalue weighted by Gasteiger charge is 2.29. The van der Waals surface area contributed by atoms with Gasteiger partial charge in [-0.3, -0.25) is 14.5 Å². The Morgan fingerprint density at radius 3 is 2.96 bits per heavy atom. The van der Waals surface area contributed by atoms with Gasteiger partial charge in [0.25, 0.3) is 5.91 Å². The summed E-state index contributed by atoms with van der Waals surface area (Å²) in [7, 11) is 0. The van der Waals surface area contributed by atoms with E-state index in [4.69, 9.17) is 21.1 Å². The van der Waals surface area contributed by atoms with Crippen LogP contribution in [0.1, 0.15) is 12.8 Å². The van der Waals surface area contributed by atoms with E-state index in [1.54, 1.807) is 18.2 Å². The third-order valence-electron chi connectivity index (χ3n) is 4.21. The summed E-state index contributed by atoms with van der Waals surface area (Å²) in [6.45, 7) is 4.93. The largest absolute Gasteiger partial charge is 0.478 e. The number of amides is 2. The molecule has 2 amide bonds. The van der Waals surface area contributed by atoms with E-state index >= 15 is 0 Å². The second-order valence-corrected chi connectivity index (χ2v) is 6.53. The molecule has 0 spiro atoms. The number of benzene rings is 1. The van der Waals surface area contributed by atoms with Gasteiger partial charge in [-0.2, -0.15) is 0 Å². The molecule has 2 N–H and O–H groups in total. The van der Waals surface area contributed by atoms with E-state index in [-0.39, 0.29) is 18.2 Å². The van der Waals surface area contributed by atoms with Crippen LogP contribution in [0, 0.1) is 0 Å². The van der Waals surface area contributed by atoms with Crippen LogP contribution in [-0.4, -0.2) is 62.2 Å². The zero-order valence-corrected chi connectivity index (χ0v) is 14.7. The minimum Gasteiger partial charge on any atom is -0.478 e. The molecule has 0 aliphatic carbocycles. The molecular weight excluding hydrogens is 346 g/mol. The lowest BCUT2D eigenvalue weighted by Crippen LogP contribution is -2.41. The third kappa shape index (κ3) is 5.07. The Morgan fingerprint density at radius 2 is 2.16 bits per heavy atom. The number of hydrogen-bond donors (Lipinski definition) is 2. The number of ether oxygens (including phenoxy) is 2. The van der Waals surface area contributed by atoms with Crippen LogP contribution < -0.4 is 15.4 Å². The number of anilines is 1. The summed E-state index contributed by atoms with van der Waals surface area (Å²) in [6, 6.07) is 4.99. The quantitative estimate of drug-likeness (QED) is 0.740. The van der Waals surface area contributed by atoms with E-state index in [9.17, 15) is 9.59 Å². The van der Waals surface area contributed by atoms with Crippen LogP contribution >= 0.6 is 11.6 Å². The number of carbonyl (C=O) groups is 2. The van der Waals surface area contributed by atoms with Gasteiger partial charge < -0.3 is 20.1 Å². The van der Waals surface area contributed by atoms with Crippen molar-refractivity contribution >= 4 is 29.1 Å². The summed E-state index contributed by atoms with van der Waals surface area (Å²) in [5.74, 6) is -0.00751. The first-order valence-corrected chi connectivity index (χ1v) is 8.83. The van der Waals surface area contributed by atoms with Crippen LogP contribution in [0.25, 0.3) is 0 Å². The molecule has 1 unspecified atom stereocenters. The average Bonchev–Trinajstić information content (AvgIpc) is 2.60. The van der Waals surface area contributed by atoms with Gasteiger partial charge in [-0.1, -0.05) is 11.6 Å². The van der Waals surface area contributed by atoms with Gasteiger partial charge in [0.15, 0.2) is 6.10 Å². The molecule has 0 saturated carbocycles. The van der Waals surface area contributed by atoms with Crippen LogP contribution in [0.2, 0.25) is 5.02 Å². The first kappa shape index (κ1) is 18.0. The van der Waals surface area contributed by atoms with Crippen molar-refractivity contribution in [3.8, 4) is 5.75 Å². The lowest BCUT2D eigenvalue weighted by atomic mass is 10.1. The number of morpholine rings is 1. The zero-order valence-electron chi connectivity index (χ0n) is 13.9. The van der Waals surface area contributed by atoms with Crippen molar-refractivity contribution in [1.29, 1.82) is 0 Å². The fourth-order valence-corrected chi connectivity index (χ4v) is 3.02. The average molecular weight is 368 g/mol. The third-order valence-corrected chi connectivity index (χ3v) is 4.44. The van der Waals surface area contributed by atoms with Crippen LogP contribution in [0.15, 0.2) is 18.2 Å². The van der Waals surface area contributed by atoms with Gasteiger partial charge in [0, 0.05) is 24.7 Å². The molecule has 1 aromatic rings. The van der Waals surface area contributed by atoms with Crippen molar-refractivity contribution in [3.63, 3.8) is 0 Å². The van der Waals surface area contributed by atoms with E-state index in [1.165, 1.54) is 0 Å². The fourth-order valence-electron chi connectivity index (χ4n) is 2.85. The number of carbonyl (C=O) groups excluding carboxylic acids is 2. The standard InChI is InChI=1S/C17H22ClN3O4/c18-12-2-3-14-13(10-12)20-17(23)15(25-14)11-16(22)19-4-1-5-21-6-8-24-9-7-21/h2-3,10,15H,1,4-9,11H2,(H,19,22)(H,20,23). The predicted octanol–water partition coefficient (Wildman–Crippen LogP) is 1.27. The molecule has 0 aromatic heterocycles. The molecule has 25 heavy (non-hydrogen) atoms. The Balaban J connectivity index is 1.40. The molecule has 2 heterocycles. The SMILES string of the molecule is O=C(CC1Oc2ccc(Cl)cc2NC1=O)NCCCN1CCOCC1. The molecule has 136 valence electrons. The normalized spacial score (nSPS) is 20.4.